The van der Waals surface area contributed by atoms with Crippen molar-refractivity contribution in [2.24, 2.45) is 0 Å². The number of amides is 1. The molecule has 1 amide bonds. The fourth-order valence-electron chi connectivity index (χ4n) is 2.15. The molecule has 0 aliphatic rings. The van der Waals surface area contributed by atoms with Crippen molar-refractivity contribution in [3.63, 3.8) is 0 Å². The van der Waals surface area contributed by atoms with E-state index in [9.17, 15) is 9.18 Å². The van der Waals surface area contributed by atoms with Gasteiger partial charge in [-0.25, -0.2) is 4.39 Å². The van der Waals surface area contributed by atoms with Crippen LogP contribution in [0.3, 0.4) is 0 Å². The van der Waals surface area contributed by atoms with Crippen molar-refractivity contribution < 1.29 is 13.6 Å². The molecule has 24 heavy (non-hydrogen) atoms. The second-order valence-corrected chi connectivity index (χ2v) is 6.24. The Labute approximate surface area is 142 Å². The van der Waals surface area contributed by atoms with Crippen molar-refractivity contribution in [1.82, 2.24) is 10.2 Å². The third kappa shape index (κ3) is 4.05. The van der Waals surface area contributed by atoms with Gasteiger partial charge in [0.05, 0.1) is 0 Å². The van der Waals surface area contributed by atoms with Crippen LogP contribution in [0.15, 0.2) is 40.8 Å². The molecule has 1 N–H and O–H groups in total. The van der Waals surface area contributed by atoms with Crippen LogP contribution in [0.5, 0.6) is 0 Å². The molecule has 124 valence electrons. The summed E-state index contributed by atoms with van der Waals surface area (Å²) in [7, 11) is 0. The quantitative estimate of drug-likeness (QED) is 0.731. The van der Waals surface area contributed by atoms with Crippen molar-refractivity contribution in [3.05, 3.63) is 53.0 Å². The minimum atomic E-state index is -0.287. The summed E-state index contributed by atoms with van der Waals surface area (Å²) in [6.45, 7) is 1.99. The van der Waals surface area contributed by atoms with E-state index in [1.165, 1.54) is 23.5 Å². The molecule has 0 saturated carbocycles. The molecule has 1 aromatic carbocycles. The Bertz CT molecular complexity index is 826. The predicted octanol–water partition coefficient (Wildman–Crippen LogP) is 4.07. The molecule has 3 aromatic rings. The largest absolute Gasteiger partial charge is 0.461 e. The second-order valence-electron chi connectivity index (χ2n) is 5.18. The lowest BCUT2D eigenvalue weighted by Gasteiger charge is -2.00. The van der Waals surface area contributed by atoms with E-state index in [0.29, 0.717) is 23.1 Å². The molecule has 0 unspecified atom stereocenters. The highest BCUT2D eigenvalue weighted by Gasteiger charge is 2.10. The standard InChI is InChI=1S/C17H16FN3O2S/c1-2-16-20-21-17(24-16)19-15(22)10-8-13-7-9-14(23-13)11-3-5-12(18)6-4-11/h3-7,9H,2,8,10H2,1H3,(H,19,21,22). The zero-order valence-corrected chi connectivity index (χ0v) is 13.9. The van der Waals surface area contributed by atoms with Gasteiger partial charge >= 0.3 is 0 Å². The normalized spacial score (nSPS) is 10.8. The summed E-state index contributed by atoms with van der Waals surface area (Å²) >= 11 is 1.38. The fraction of sp³-hybridized carbons (Fsp3) is 0.235. The van der Waals surface area contributed by atoms with Crippen molar-refractivity contribution in [3.8, 4) is 11.3 Å². The van der Waals surface area contributed by atoms with Crippen molar-refractivity contribution in [2.75, 3.05) is 5.32 Å². The Morgan fingerprint density at radius 3 is 2.71 bits per heavy atom. The van der Waals surface area contributed by atoms with E-state index in [1.807, 2.05) is 19.1 Å². The number of furan rings is 1. The fourth-order valence-corrected chi connectivity index (χ4v) is 2.84. The molecule has 3 rings (SSSR count). The maximum absolute atomic E-state index is 12.9. The molecular formula is C17H16FN3O2S. The number of carbonyl (C=O) groups excluding carboxylic acids is 1. The molecule has 0 fully saturated rings. The van der Waals surface area contributed by atoms with E-state index < -0.39 is 0 Å². The lowest BCUT2D eigenvalue weighted by atomic mass is 10.2. The predicted molar refractivity (Wildman–Crippen MR) is 90.3 cm³/mol. The van der Waals surface area contributed by atoms with Gasteiger partial charge in [-0.2, -0.15) is 0 Å². The maximum atomic E-state index is 12.9. The molecule has 7 heteroatoms. The summed E-state index contributed by atoms with van der Waals surface area (Å²) < 4.78 is 18.6. The van der Waals surface area contributed by atoms with Crippen LogP contribution in [-0.4, -0.2) is 16.1 Å². The molecule has 2 aromatic heterocycles. The van der Waals surface area contributed by atoms with Gasteiger partial charge in [0.2, 0.25) is 11.0 Å². The SMILES string of the molecule is CCc1nnc(NC(=O)CCc2ccc(-c3ccc(F)cc3)o2)s1. The number of nitrogens with one attached hydrogen (secondary N) is 1. The van der Waals surface area contributed by atoms with E-state index in [2.05, 4.69) is 15.5 Å². The molecule has 0 aliphatic heterocycles. The van der Waals surface area contributed by atoms with E-state index in [4.69, 9.17) is 4.42 Å². The first-order valence-corrected chi connectivity index (χ1v) is 8.42. The molecule has 2 heterocycles. The van der Waals surface area contributed by atoms with Gasteiger partial charge < -0.3 is 9.73 Å². The number of anilines is 1. The summed E-state index contributed by atoms with van der Waals surface area (Å²) in [5, 5.41) is 12.0. The number of hydrogen-bond donors (Lipinski definition) is 1. The number of halogens is 1. The topological polar surface area (TPSA) is 68.0 Å². The Hall–Kier alpha value is -2.54. The molecule has 0 aliphatic carbocycles. The van der Waals surface area contributed by atoms with Crippen molar-refractivity contribution in [1.29, 1.82) is 0 Å². The first-order valence-electron chi connectivity index (χ1n) is 7.61. The zero-order valence-electron chi connectivity index (χ0n) is 13.1. The Morgan fingerprint density at radius 1 is 1.21 bits per heavy atom. The highest BCUT2D eigenvalue weighted by Crippen LogP contribution is 2.23. The third-order valence-corrected chi connectivity index (χ3v) is 4.39. The van der Waals surface area contributed by atoms with Crippen LogP contribution in [0.1, 0.15) is 24.1 Å². The monoisotopic (exact) mass is 345 g/mol. The smallest absolute Gasteiger partial charge is 0.226 e. The summed E-state index contributed by atoms with van der Waals surface area (Å²) in [5.74, 6) is 0.941. The minimum Gasteiger partial charge on any atom is -0.461 e. The number of rotatable bonds is 6. The summed E-state index contributed by atoms with van der Waals surface area (Å²) in [4.78, 5) is 11.9. The molecule has 0 atom stereocenters. The number of carbonyl (C=O) groups is 1. The van der Waals surface area contributed by atoms with Crippen LogP contribution in [0, 0.1) is 5.82 Å². The van der Waals surface area contributed by atoms with Crippen LogP contribution in [0.25, 0.3) is 11.3 Å². The number of aryl methyl sites for hydroxylation is 2. The van der Waals surface area contributed by atoms with Gasteiger partial charge in [-0.15, -0.1) is 10.2 Å². The summed E-state index contributed by atoms with van der Waals surface area (Å²) in [6, 6.07) is 9.73. The second kappa shape index (κ2) is 7.35. The van der Waals surface area contributed by atoms with Crippen LogP contribution in [-0.2, 0) is 17.6 Å². The van der Waals surface area contributed by atoms with Crippen LogP contribution >= 0.6 is 11.3 Å². The van der Waals surface area contributed by atoms with Gasteiger partial charge in [-0.1, -0.05) is 18.3 Å². The van der Waals surface area contributed by atoms with E-state index >= 15 is 0 Å². The van der Waals surface area contributed by atoms with Crippen molar-refractivity contribution in [2.45, 2.75) is 26.2 Å². The van der Waals surface area contributed by atoms with Crippen molar-refractivity contribution >= 4 is 22.4 Å². The number of benzene rings is 1. The zero-order chi connectivity index (χ0) is 16.9. The van der Waals surface area contributed by atoms with Crippen LogP contribution in [0.4, 0.5) is 9.52 Å². The van der Waals surface area contributed by atoms with E-state index in [-0.39, 0.29) is 18.1 Å². The Kier molecular flexibility index (Phi) is 5.00. The summed E-state index contributed by atoms with van der Waals surface area (Å²) in [6.07, 6.45) is 1.57. The summed E-state index contributed by atoms with van der Waals surface area (Å²) in [5.41, 5.74) is 0.799. The molecule has 5 nitrogen and oxygen atoms in total. The van der Waals surface area contributed by atoms with Gasteiger partial charge in [-0.05, 0) is 42.8 Å². The highest BCUT2D eigenvalue weighted by atomic mass is 32.1. The number of aromatic nitrogens is 2. The third-order valence-electron chi connectivity index (χ3n) is 3.40. The van der Waals surface area contributed by atoms with Gasteiger partial charge in [-0.3, -0.25) is 4.79 Å². The van der Waals surface area contributed by atoms with E-state index in [1.54, 1.807) is 12.1 Å². The average Bonchev–Trinajstić information content (AvgIpc) is 3.23. The molecular weight excluding hydrogens is 329 g/mol. The maximum Gasteiger partial charge on any atom is 0.226 e. The lowest BCUT2D eigenvalue weighted by Crippen LogP contribution is -2.11. The number of hydrogen-bond acceptors (Lipinski definition) is 5. The molecule has 0 spiro atoms. The highest BCUT2D eigenvalue weighted by molar-refractivity contribution is 7.15. The van der Waals surface area contributed by atoms with Crippen LogP contribution < -0.4 is 5.32 Å². The number of nitrogens with zero attached hydrogens (tertiary/aromatic N) is 2. The van der Waals surface area contributed by atoms with Gasteiger partial charge in [0.1, 0.15) is 22.3 Å². The first-order chi connectivity index (χ1) is 11.6. The van der Waals surface area contributed by atoms with E-state index in [0.717, 1.165) is 17.0 Å². The van der Waals surface area contributed by atoms with Gasteiger partial charge in [0, 0.05) is 18.4 Å². The van der Waals surface area contributed by atoms with Gasteiger partial charge in [0.15, 0.2) is 0 Å². The van der Waals surface area contributed by atoms with Gasteiger partial charge in [0.25, 0.3) is 0 Å². The molecule has 0 saturated heterocycles. The van der Waals surface area contributed by atoms with Crippen LogP contribution in [0.2, 0.25) is 0 Å². The lowest BCUT2D eigenvalue weighted by molar-refractivity contribution is -0.116. The minimum absolute atomic E-state index is 0.131. The Balaban J connectivity index is 1.55. The first kappa shape index (κ1) is 16.3. The Morgan fingerprint density at radius 2 is 2.00 bits per heavy atom. The average molecular weight is 345 g/mol. The molecule has 0 bridgehead atoms. The molecule has 0 radical (unpaired) electrons.